The zero-order valence-corrected chi connectivity index (χ0v) is 9.62. The van der Waals surface area contributed by atoms with E-state index in [0.29, 0.717) is 24.2 Å². The van der Waals surface area contributed by atoms with Gasteiger partial charge < -0.3 is 9.73 Å². The van der Waals surface area contributed by atoms with E-state index in [-0.39, 0.29) is 0 Å². The van der Waals surface area contributed by atoms with Gasteiger partial charge >= 0.3 is 0 Å². The molecule has 7 heteroatoms. The first-order valence-corrected chi connectivity index (χ1v) is 5.95. The van der Waals surface area contributed by atoms with E-state index in [4.69, 9.17) is 4.42 Å². The third kappa shape index (κ3) is 2.04. The number of anilines is 1. The average molecular weight is 237 g/mol. The first-order chi connectivity index (χ1) is 7.81. The SMILES string of the molecule is Cc1nnc(CNc2nc(C3CC3)ns2)o1. The highest BCUT2D eigenvalue weighted by molar-refractivity contribution is 7.09. The van der Waals surface area contributed by atoms with Gasteiger partial charge in [0.15, 0.2) is 0 Å². The van der Waals surface area contributed by atoms with Crippen LogP contribution in [0.15, 0.2) is 4.42 Å². The van der Waals surface area contributed by atoms with Crippen LogP contribution in [0.3, 0.4) is 0 Å². The van der Waals surface area contributed by atoms with Crippen molar-refractivity contribution in [2.45, 2.75) is 32.2 Å². The van der Waals surface area contributed by atoms with Crippen LogP contribution in [0.25, 0.3) is 0 Å². The van der Waals surface area contributed by atoms with Gasteiger partial charge in [0, 0.05) is 24.4 Å². The molecule has 3 rings (SSSR count). The Balaban J connectivity index is 1.61. The van der Waals surface area contributed by atoms with Crippen LogP contribution in [0.5, 0.6) is 0 Å². The molecule has 0 radical (unpaired) electrons. The lowest BCUT2D eigenvalue weighted by Crippen LogP contribution is -1.99. The maximum Gasteiger partial charge on any atom is 0.235 e. The molecule has 1 fully saturated rings. The molecule has 0 aliphatic heterocycles. The zero-order chi connectivity index (χ0) is 11.0. The number of aromatic nitrogens is 4. The van der Waals surface area contributed by atoms with Crippen molar-refractivity contribution in [1.29, 1.82) is 0 Å². The van der Waals surface area contributed by atoms with Gasteiger partial charge in [-0.15, -0.1) is 10.2 Å². The second kappa shape index (κ2) is 3.82. The minimum absolute atomic E-state index is 0.500. The van der Waals surface area contributed by atoms with Gasteiger partial charge in [0.05, 0.1) is 6.54 Å². The van der Waals surface area contributed by atoms with E-state index in [9.17, 15) is 0 Å². The summed E-state index contributed by atoms with van der Waals surface area (Å²) >= 11 is 1.38. The maximum atomic E-state index is 5.24. The Morgan fingerprint density at radius 1 is 1.44 bits per heavy atom. The molecule has 2 heterocycles. The van der Waals surface area contributed by atoms with Gasteiger partial charge in [0.2, 0.25) is 16.9 Å². The molecule has 0 saturated heterocycles. The van der Waals surface area contributed by atoms with E-state index in [1.165, 1.54) is 24.4 Å². The normalized spacial score (nSPS) is 15.3. The fourth-order valence-corrected chi connectivity index (χ4v) is 2.02. The van der Waals surface area contributed by atoms with Crippen molar-refractivity contribution in [1.82, 2.24) is 19.6 Å². The lowest BCUT2D eigenvalue weighted by Gasteiger charge is -1.95. The average Bonchev–Trinajstić information content (AvgIpc) is 2.87. The van der Waals surface area contributed by atoms with Crippen LogP contribution in [0.2, 0.25) is 0 Å². The molecule has 1 aliphatic rings. The van der Waals surface area contributed by atoms with E-state index in [1.807, 2.05) is 0 Å². The van der Waals surface area contributed by atoms with Crippen molar-refractivity contribution in [3.05, 3.63) is 17.6 Å². The van der Waals surface area contributed by atoms with Crippen molar-refractivity contribution in [3.8, 4) is 0 Å². The second-order valence-corrected chi connectivity index (χ2v) is 4.55. The summed E-state index contributed by atoms with van der Waals surface area (Å²) in [5, 5.41) is 11.6. The van der Waals surface area contributed by atoms with Crippen LogP contribution >= 0.6 is 11.5 Å². The van der Waals surface area contributed by atoms with Gasteiger partial charge in [-0.1, -0.05) is 0 Å². The van der Waals surface area contributed by atoms with Crippen molar-refractivity contribution >= 4 is 16.7 Å². The number of hydrogen-bond acceptors (Lipinski definition) is 7. The quantitative estimate of drug-likeness (QED) is 0.872. The molecule has 1 N–H and O–H groups in total. The van der Waals surface area contributed by atoms with E-state index in [1.54, 1.807) is 6.92 Å². The molecule has 0 amide bonds. The van der Waals surface area contributed by atoms with Crippen LogP contribution in [0.1, 0.15) is 36.4 Å². The molecule has 1 saturated carbocycles. The number of nitrogens with one attached hydrogen (secondary N) is 1. The van der Waals surface area contributed by atoms with Gasteiger partial charge in [-0.25, -0.2) is 4.98 Å². The fourth-order valence-electron chi connectivity index (χ4n) is 1.37. The summed E-state index contributed by atoms with van der Waals surface area (Å²) in [5.41, 5.74) is 0. The molecule has 0 bridgehead atoms. The van der Waals surface area contributed by atoms with Gasteiger partial charge in [0.25, 0.3) is 0 Å². The fraction of sp³-hybridized carbons (Fsp3) is 0.556. The maximum absolute atomic E-state index is 5.24. The van der Waals surface area contributed by atoms with Crippen LogP contribution in [0.4, 0.5) is 5.13 Å². The van der Waals surface area contributed by atoms with E-state index in [0.717, 1.165) is 11.0 Å². The van der Waals surface area contributed by atoms with E-state index in [2.05, 4.69) is 24.9 Å². The van der Waals surface area contributed by atoms with Gasteiger partial charge in [0.1, 0.15) is 5.82 Å². The zero-order valence-electron chi connectivity index (χ0n) is 8.80. The van der Waals surface area contributed by atoms with Gasteiger partial charge in [-0.05, 0) is 12.8 Å². The highest BCUT2D eigenvalue weighted by Crippen LogP contribution is 2.39. The monoisotopic (exact) mass is 237 g/mol. The molecule has 84 valence electrons. The Morgan fingerprint density at radius 2 is 2.31 bits per heavy atom. The van der Waals surface area contributed by atoms with E-state index >= 15 is 0 Å². The van der Waals surface area contributed by atoms with Gasteiger partial charge in [-0.2, -0.15) is 4.37 Å². The predicted octanol–water partition coefficient (Wildman–Crippen LogP) is 1.72. The minimum Gasteiger partial charge on any atom is -0.424 e. The summed E-state index contributed by atoms with van der Waals surface area (Å²) in [5.74, 6) is 2.71. The molecule has 6 nitrogen and oxygen atoms in total. The summed E-state index contributed by atoms with van der Waals surface area (Å²) in [7, 11) is 0. The third-order valence-electron chi connectivity index (χ3n) is 2.34. The van der Waals surface area contributed by atoms with Crippen LogP contribution < -0.4 is 5.32 Å². The number of rotatable bonds is 4. The molecule has 16 heavy (non-hydrogen) atoms. The molecule has 0 spiro atoms. The van der Waals surface area contributed by atoms with Crippen molar-refractivity contribution in [2.24, 2.45) is 0 Å². The first-order valence-electron chi connectivity index (χ1n) is 5.18. The molecule has 0 unspecified atom stereocenters. The summed E-state index contributed by atoms with van der Waals surface area (Å²) in [4.78, 5) is 4.40. The second-order valence-electron chi connectivity index (χ2n) is 3.80. The molecular formula is C9H11N5OS. The summed E-state index contributed by atoms with van der Waals surface area (Å²) in [6, 6.07) is 0. The molecular weight excluding hydrogens is 226 g/mol. The number of aryl methyl sites for hydroxylation is 1. The standard InChI is InChI=1S/C9H11N5OS/c1-5-12-13-7(15-5)4-10-9-11-8(14-16-9)6-2-3-6/h6H,2-4H2,1H3,(H,10,11,14). The lowest BCUT2D eigenvalue weighted by atomic mass is 10.4. The van der Waals surface area contributed by atoms with Crippen molar-refractivity contribution in [3.63, 3.8) is 0 Å². The van der Waals surface area contributed by atoms with Crippen molar-refractivity contribution < 1.29 is 4.42 Å². The van der Waals surface area contributed by atoms with Crippen LogP contribution in [-0.4, -0.2) is 19.6 Å². The highest BCUT2D eigenvalue weighted by Gasteiger charge is 2.27. The predicted molar refractivity (Wildman–Crippen MR) is 58.2 cm³/mol. The summed E-state index contributed by atoms with van der Waals surface area (Å²) < 4.78 is 9.54. The Kier molecular flexibility index (Phi) is 2.32. The molecule has 2 aromatic rings. The first kappa shape index (κ1) is 9.71. The van der Waals surface area contributed by atoms with Crippen LogP contribution in [0, 0.1) is 6.92 Å². The topological polar surface area (TPSA) is 76.7 Å². The Hall–Kier alpha value is -1.50. The minimum atomic E-state index is 0.500. The molecule has 1 aliphatic carbocycles. The smallest absolute Gasteiger partial charge is 0.235 e. The van der Waals surface area contributed by atoms with Crippen LogP contribution in [-0.2, 0) is 6.54 Å². The number of hydrogen-bond donors (Lipinski definition) is 1. The lowest BCUT2D eigenvalue weighted by molar-refractivity contribution is 0.474. The van der Waals surface area contributed by atoms with Gasteiger partial charge in [-0.3, -0.25) is 0 Å². The highest BCUT2D eigenvalue weighted by atomic mass is 32.1. The summed E-state index contributed by atoms with van der Waals surface area (Å²) in [6.07, 6.45) is 2.44. The summed E-state index contributed by atoms with van der Waals surface area (Å²) in [6.45, 7) is 2.27. The molecule has 0 aromatic carbocycles. The van der Waals surface area contributed by atoms with Crippen molar-refractivity contribution in [2.75, 3.05) is 5.32 Å². The molecule has 2 aromatic heterocycles. The third-order valence-corrected chi connectivity index (χ3v) is 3.03. The largest absolute Gasteiger partial charge is 0.424 e. The Morgan fingerprint density at radius 3 is 3.00 bits per heavy atom. The molecule has 0 atom stereocenters. The Bertz CT molecular complexity index is 490. The Labute approximate surface area is 96.3 Å². The van der Waals surface area contributed by atoms with E-state index < -0.39 is 0 Å². The number of nitrogens with zero attached hydrogens (tertiary/aromatic N) is 4.